The molecule has 0 aliphatic heterocycles. The highest BCUT2D eigenvalue weighted by Crippen LogP contribution is 2.46. The summed E-state index contributed by atoms with van der Waals surface area (Å²) in [7, 11) is 0. The van der Waals surface area contributed by atoms with Gasteiger partial charge in [0.2, 0.25) is 0 Å². The second-order valence-electron chi connectivity index (χ2n) is 12.7. The van der Waals surface area contributed by atoms with E-state index in [0.29, 0.717) is 26.1 Å². The molecule has 0 bridgehead atoms. The summed E-state index contributed by atoms with van der Waals surface area (Å²) in [5.74, 6) is -1.77. The Kier molecular flexibility index (Phi) is 7.91. The van der Waals surface area contributed by atoms with Crippen LogP contribution in [0, 0.1) is 11.3 Å². The Bertz CT molecular complexity index is 1100. The van der Waals surface area contributed by atoms with Crippen LogP contribution < -0.4 is 5.32 Å². The van der Waals surface area contributed by atoms with Gasteiger partial charge in [-0.1, -0.05) is 48.5 Å². The summed E-state index contributed by atoms with van der Waals surface area (Å²) in [5.41, 5.74) is 3.26. The van der Waals surface area contributed by atoms with Gasteiger partial charge in [0, 0.05) is 17.4 Å². The van der Waals surface area contributed by atoms with E-state index in [1.54, 1.807) is 0 Å². The minimum atomic E-state index is -0.942. The Morgan fingerprint density at radius 2 is 1.37 bits per heavy atom. The minimum Gasteiger partial charge on any atom is -0.481 e. The summed E-state index contributed by atoms with van der Waals surface area (Å²) in [6.45, 7) is 12.7. The highest BCUT2D eigenvalue weighted by molar-refractivity contribution is 5.79. The quantitative estimate of drug-likeness (QED) is 0.440. The minimum absolute atomic E-state index is 0.0635. The van der Waals surface area contributed by atoms with Crippen LogP contribution in [0.5, 0.6) is 0 Å². The zero-order chi connectivity index (χ0) is 27.7. The monoisotopic (exact) mass is 523 g/mol. The summed E-state index contributed by atoms with van der Waals surface area (Å²) in [6.07, 6.45) is 0.177. The van der Waals surface area contributed by atoms with Crippen LogP contribution in [0.4, 0.5) is 4.79 Å². The largest absolute Gasteiger partial charge is 0.481 e. The van der Waals surface area contributed by atoms with Gasteiger partial charge in [-0.3, -0.25) is 4.79 Å². The van der Waals surface area contributed by atoms with Crippen molar-refractivity contribution in [3.63, 3.8) is 0 Å². The third-order valence-corrected chi connectivity index (χ3v) is 7.38. The first kappa shape index (κ1) is 28.1. The van der Waals surface area contributed by atoms with Crippen molar-refractivity contribution in [2.24, 2.45) is 11.3 Å². The number of fused-ring (bicyclic) bond motifs is 3. The van der Waals surface area contributed by atoms with Crippen LogP contribution in [-0.2, 0) is 19.0 Å². The number of hydrogen-bond acceptors (Lipinski definition) is 5. The van der Waals surface area contributed by atoms with Crippen molar-refractivity contribution in [3.05, 3.63) is 59.7 Å². The van der Waals surface area contributed by atoms with E-state index in [2.05, 4.69) is 29.6 Å². The number of hydrogen-bond donors (Lipinski definition) is 2. The lowest BCUT2D eigenvalue weighted by atomic mass is 9.86. The maximum atomic E-state index is 13.0. The summed E-state index contributed by atoms with van der Waals surface area (Å²) in [6, 6.07) is 15.7. The number of carbonyl (C=O) groups is 2. The number of amides is 1. The number of carboxylic acid groups (broad SMARTS) is 1. The topological polar surface area (TPSA) is 94.1 Å². The Morgan fingerprint density at radius 1 is 0.868 bits per heavy atom. The SMILES string of the molecule is CC(C)(C)OCC1(COC(C)(C)C)C[C@@H](NC(=O)OCC2c3ccccc3-c3ccccc32)[C@H](C(=O)O)C1. The molecule has 2 N–H and O–H groups in total. The molecule has 2 aliphatic rings. The molecular weight excluding hydrogens is 482 g/mol. The molecule has 0 unspecified atom stereocenters. The molecule has 2 atom stereocenters. The molecule has 1 fully saturated rings. The molecule has 2 aromatic carbocycles. The van der Waals surface area contributed by atoms with Gasteiger partial charge in [0.25, 0.3) is 0 Å². The zero-order valence-electron chi connectivity index (χ0n) is 23.4. The lowest BCUT2D eigenvalue weighted by molar-refractivity contribution is -0.143. The first-order valence-corrected chi connectivity index (χ1v) is 13.4. The first-order valence-electron chi connectivity index (χ1n) is 13.4. The molecule has 0 heterocycles. The Hall–Kier alpha value is -2.90. The van der Waals surface area contributed by atoms with E-state index in [9.17, 15) is 14.7 Å². The number of alkyl carbamates (subject to hydrolysis) is 1. The van der Waals surface area contributed by atoms with Crippen molar-refractivity contribution < 1.29 is 28.9 Å². The highest BCUT2D eigenvalue weighted by Gasteiger charge is 2.50. The number of carbonyl (C=O) groups excluding carboxylic acids is 1. The van der Waals surface area contributed by atoms with E-state index < -0.39 is 29.4 Å². The molecular formula is C31H41NO6. The van der Waals surface area contributed by atoms with Gasteiger partial charge in [-0.15, -0.1) is 0 Å². The van der Waals surface area contributed by atoms with E-state index >= 15 is 0 Å². The van der Waals surface area contributed by atoms with Crippen LogP contribution in [0.3, 0.4) is 0 Å². The van der Waals surface area contributed by atoms with Crippen molar-refractivity contribution in [1.82, 2.24) is 5.32 Å². The van der Waals surface area contributed by atoms with Crippen molar-refractivity contribution in [2.45, 2.75) is 77.5 Å². The number of carboxylic acids is 1. The third kappa shape index (κ3) is 6.56. The number of ether oxygens (including phenoxy) is 3. The highest BCUT2D eigenvalue weighted by atomic mass is 16.5. The van der Waals surface area contributed by atoms with Gasteiger partial charge < -0.3 is 24.6 Å². The molecule has 2 aliphatic carbocycles. The number of rotatable bonds is 8. The number of benzene rings is 2. The van der Waals surface area contributed by atoms with Crippen molar-refractivity contribution >= 4 is 12.1 Å². The van der Waals surface area contributed by atoms with Gasteiger partial charge in [0.05, 0.1) is 30.3 Å². The van der Waals surface area contributed by atoms with Gasteiger partial charge in [-0.05, 0) is 76.6 Å². The smallest absolute Gasteiger partial charge is 0.407 e. The molecule has 7 heteroatoms. The Balaban J connectivity index is 1.46. The summed E-state index contributed by atoms with van der Waals surface area (Å²) >= 11 is 0. The standard InChI is InChI=1S/C31H41NO6/c1-29(2,3)37-18-31(19-38-30(4,5)6)15-24(27(33)34)26(16-31)32-28(35)36-17-25-22-13-9-7-11-20(22)21-12-8-10-14-23(21)25/h7-14,24-26H,15-19H2,1-6H3,(H,32,35)(H,33,34)/t24-,26-/m1/s1. The summed E-state index contributed by atoms with van der Waals surface area (Å²) in [5, 5.41) is 12.9. The predicted octanol–water partition coefficient (Wildman–Crippen LogP) is 6.00. The fourth-order valence-corrected chi connectivity index (χ4v) is 5.52. The van der Waals surface area contributed by atoms with Crippen LogP contribution in [-0.4, -0.2) is 54.2 Å². The van der Waals surface area contributed by atoms with E-state index in [1.165, 1.54) is 0 Å². The lowest BCUT2D eigenvalue weighted by Crippen LogP contribution is -2.41. The Labute approximate surface area is 225 Å². The summed E-state index contributed by atoms with van der Waals surface area (Å²) < 4.78 is 18.0. The number of aliphatic carboxylic acids is 1. The van der Waals surface area contributed by atoms with Crippen LogP contribution in [0.15, 0.2) is 48.5 Å². The van der Waals surface area contributed by atoms with Crippen LogP contribution in [0.2, 0.25) is 0 Å². The van der Waals surface area contributed by atoms with Crippen LogP contribution >= 0.6 is 0 Å². The first-order chi connectivity index (χ1) is 17.8. The average molecular weight is 524 g/mol. The van der Waals surface area contributed by atoms with E-state index in [1.807, 2.05) is 65.8 Å². The summed E-state index contributed by atoms with van der Waals surface area (Å²) in [4.78, 5) is 25.3. The van der Waals surface area contributed by atoms with Crippen LogP contribution in [0.25, 0.3) is 11.1 Å². The van der Waals surface area contributed by atoms with Gasteiger partial charge in [0.1, 0.15) is 6.61 Å². The van der Waals surface area contributed by atoms with Gasteiger partial charge >= 0.3 is 12.1 Å². The maximum absolute atomic E-state index is 13.0. The van der Waals surface area contributed by atoms with E-state index in [4.69, 9.17) is 14.2 Å². The molecule has 4 rings (SSSR count). The Morgan fingerprint density at radius 3 is 1.84 bits per heavy atom. The van der Waals surface area contributed by atoms with E-state index in [0.717, 1.165) is 22.3 Å². The second kappa shape index (κ2) is 10.7. The molecule has 0 saturated heterocycles. The zero-order valence-corrected chi connectivity index (χ0v) is 23.4. The van der Waals surface area contributed by atoms with Crippen molar-refractivity contribution in [2.75, 3.05) is 19.8 Å². The molecule has 2 aromatic rings. The fraction of sp³-hybridized carbons (Fsp3) is 0.548. The van der Waals surface area contributed by atoms with Gasteiger partial charge in [-0.2, -0.15) is 0 Å². The molecule has 206 valence electrons. The molecule has 7 nitrogen and oxygen atoms in total. The molecule has 38 heavy (non-hydrogen) atoms. The van der Waals surface area contributed by atoms with Crippen LogP contribution in [0.1, 0.15) is 71.4 Å². The lowest BCUT2D eigenvalue weighted by Gasteiger charge is -2.35. The average Bonchev–Trinajstić information content (AvgIpc) is 3.36. The van der Waals surface area contributed by atoms with Gasteiger partial charge in [-0.25, -0.2) is 4.79 Å². The normalized spacial score (nSPS) is 20.6. The predicted molar refractivity (Wildman–Crippen MR) is 146 cm³/mol. The fourth-order valence-electron chi connectivity index (χ4n) is 5.52. The molecule has 0 spiro atoms. The molecule has 0 aromatic heterocycles. The van der Waals surface area contributed by atoms with Gasteiger partial charge in [0.15, 0.2) is 0 Å². The second-order valence-corrected chi connectivity index (χ2v) is 12.7. The number of nitrogens with one attached hydrogen (secondary N) is 1. The van der Waals surface area contributed by atoms with Crippen molar-refractivity contribution in [3.8, 4) is 11.1 Å². The maximum Gasteiger partial charge on any atom is 0.407 e. The van der Waals surface area contributed by atoms with Crippen molar-refractivity contribution in [1.29, 1.82) is 0 Å². The third-order valence-electron chi connectivity index (χ3n) is 7.38. The molecule has 0 radical (unpaired) electrons. The molecule has 1 amide bonds. The molecule has 1 saturated carbocycles. The van der Waals surface area contributed by atoms with E-state index in [-0.39, 0.29) is 23.7 Å².